The van der Waals surface area contributed by atoms with E-state index >= 15 is 0 Å². The van der Waals surface area contributed by atoms with Crippen LogP contribution >= 0.6 is 35.1 Å². The van der Waals surface area contributed by atoms with Gasteiger partial charge < -0.3 is 50.3 Å². The van der Waals surface area contributed by atoms with Crippen LogP contribution in [0.4, 0.5) is 24.5 Å². The van der Waals surface area contributed by atoms with Gasteiger partial charge in [-0.2, -0.15) is 13.2 Å². The minimum Gasteiger partial charge on any atom is -0.391 e. The number of hydrogen-bond acceptors (Lipinski definition) is 19. The number of hydrogen-bond donors (Lipinski definition) is 5. The summed E-state index contributed by atoms with van der Waals surface area (Å²) in [4.78, 5) is 85.3. The fourth-order valence-electron chi connectivity index (χ4n) is 17.7. The first-order valence-electron chi connectivity index (χ1n) is 41.4. The molecule has 8 atom stereocenters. The number of aliphatic hydroxyl groups excluding tert-OH is 1. The lowest BCUT2D eigenvalue weighted by atomic mass is 9.70. The molecular formula is C87H115ClF3N11O11S4. The number of sulfonamides is 1. The second-order valence-corrected chi connectivity index (χ2v) is 40.4. The molecule has 0 aromatic heterocycles. The molecule has 6 aliphatic heterocycles. The second-order valence-electron chi connectivity index (χ2n) is 34.2. The molecule has 30 heteroatoms. The van der Waals surface area contributed by atoms with Gasteiger partial charge in [0.2, 0.25) is 23.6 Å². The van der Waals surface area contributed by atoms with Gasteiger partial charge in [-0.25, -0.2) is 21.6 Å². The summed E-state index contributed by atoms with van der Waals surface area (Å²) in [5.41, 5.74) is 1.88. The highest BCUT2D eigenvalue weighted by molar-refractivity contribution is 8.12. The number of thioether (sulfide) groups is 2. The van der Waals surface area contributed by atoms with Crippen molar-refractivity contribution < 1.29 is 63.8 Å². The number of rotatable bonds is 30. The molecule has 22 nitrogen and oxygen atoms in total. The molecule has 636 valence electrons. The number of benzene rings is 5. The number of unbranched alkanes of at least 4 members (excludes halogenated alkanes) is 1. The maximum absolute atomic E-state index is 14.5. The molecular weight excluding hydrogens is 1600 g/mol. The number of aliphatic hydroxyl groups is 1. The molecule has 0 bridgehead atoms. The van der Waals surface area contributed by atoms with Crippen LogP contribution in [0.1, 0.15) is 170 Å². The van der Waals surface area contributed by atoms with E-state index in [2.05, 4.69) is 78.7 Å². The van der Waals surface area contributed by atoms with E-state index in [1.807, 2.05) is 97.5 Å². The van der Waals surface area contributed by atoms with Crippen molar-refractivity contribution in [3.8, 4) is 0 Å². The maximum Gasteiger partial charge on any atom is 0.501 e. The molecule has 12 rings (SSSR count). The van der Waals surface area contributed by atoms with Crippen molar-refractivity contribution >= 4 is 107 Å². The second kappa shape index (κ2) is 39.6. The average molecular weight is 1710 g/mol. The number of sulfone groups is 1. The maximum atomic E-state index is 14.5. The van der Waals surface area contributed by atoms with E-state index in [4.69, 9.17) is 16.3 Å². The minimum atomic E-state index is -6.11. The van der Waals surface area contributed by atoms with E-state index in [1.54, 1.807) is 23.9 Å². The zero-order chi connectivity index (χ0) is 83.4. The van der Waals surface area contributed by atoms with E-state index in [1.165, 1.54) is 45.5 Å². The van der Waals surface area contributed by atoms with Crippen molar-refractivity contribution in [1.29, 1.82) is 0 Å². The normalized spacial score (nSPS) is 22.8. The predicted octanol–water partition coefficient (Wildman–Crippen LogP) is 13.3. The number of carbonyl (C=O) groups excluding carboxylic acids is 5. The van der Waals surface area contributed by atoms with Gasteiger partial charge in [-0.05, 0) is 209 Å². The number of nitrogens with zero attached hydrogens (tertiary/aromatic N) is 7. The van der Waals surface area contributed by atoms with Gasteiger partial charge >= 0.3 is 5.51 Å². The quantitative estimate of drug-likeness (QED) is 0.0211. The van der Waals surface area contributed by atoms with Gasteiger partial charge in [0.1, 0.15) is 17.0 Å². The van der Waals surface area contributed by atoms with E-state index in [0.29, 0.717) is 93.8 Å². The molecule has 3 unspecified atom stereocenters. The Bertz CT molecular complexity index is 4540. The number of aliphatic imine (C=N–C) groups is 1. The molecule has 5 fully saturated rings. The molecule has 5 aromatic rings. The lowest BCUT2D eigenvalue weighted by Crippen LogP contribution is -2.57. The smallest absolute Gasteiger partial charge is 0.391 e. The summed E-state index contributed by atoms with van der Waals surface area (Å²) in [7, 11) is -11.0. The summed E-state index contributed by atoms with van der Waals surface area (Å²) in [6, 6.07) is 32.0. The fourth-order valence-corrected chi connectivity index (χ4v) is 21.8. The first-order valence-corrected chi connectivity index (χ1v) is 46.7. The molecule has 7 aliphatic rings. The molecule has 5 N–H and O–H groups in total. The molecule has 0 radical (unpaired) electrons. The number of piperidine rings is 2. The third-order valence-corrected chi connectivity index (χ3v) is 29.9. The number of piperazine rings is 1. The number of amides is 5. The number of ether oxygens (including phenoxy) is 1. The third kappa shape index (κ3) is 23.6. The predicted molar refractivity (Wildman–Crippen MR) is 457 cm³/mol. The van der Waals surface area contributed by atoms with E-state index in [-0.39, 0.29) is 65.4 Å². The molecule has 117 heavy (non-hydrogen) atoms. The first-order chi connectivity index (χ1) is 55.8. The summed E-state index contributed by atoms with van der Waals surface area (Å²) in [5, 5.41) is 20.8. The van der Waals surface area contributed by atoms with Crippen LogP contribution in [0.5, 0.6) is 0 Å². The van der Waals surface area contributed by atoms with Crippen LogP contribution in [0.2, 0.25) is 5.02 Å². The van der Waals surface area contributed by atoms with Crippen molar-refractivity contribution in [1.82, 2.24) is 39.9 Å². The summed E-state index contributed by atoms with van der Waals surface area (Å²) in [6.07, 6.45) is 9.05. The van der Waals surface area contributed by atoms with Crippen LogP contribution in [0, 0.1) is 22.7 Å². The number of carbonyl (C=O) groups is 5. The van der Waals surface area contributed by atoms with Gasteiger partial charge in [0.25, 0.3) is 25.8 Å². The van der Waals surface area contributed by atoms with Gasteiger partial charge in [-0.3, -0.25) is 33.9 Å². The van der Waals surface area contributed by atoms with Gasteiger partial charge in [-0.15, -0.1) is 23.5 Å². The Morgan fingerprint density at radius 2 is 1.46 bits per heavy atom. The molecule has 0 saturated carbocycles. The lowest BCUT2D eigenvalue weighted by molar-refractivity contribution is -0.144. The number of nitrogens with one attached hydrogen (secondary N) is 4. The van der Waals surface area contributed by atoms with Crippen LogP contribution in [0.25, 0.3) is 5.57 Å². The Labute approximate surface area is 702 Å². The highest BCUT2D eigenvalue weighted by Crippen LogP contribution is 2.46. The summed E-state index contributed by atoms with van der Waals surface area (Å²) < 4.78 is 105. The summed E-state index contributed by atoms with van der Waals surface area (Å²) in [5.74, 6) is -0.529. The van der Waals surface area contributed by atoms with Crippen LogP contribution in [-0.2, 0) is 43.8 Å². The zero-order valence-electron chi connectivity index (χ0n) is 68.0. The monoisotopic (exact) mass is 1710 g/mol. The number of anilines is 2. The zero-order valence-corrected chi connectivity index (χ0v) is 72.1. The first kappa shape index (κ1) is 89.2. The van der Waals surface area contributed by atoms with Crippen molar-refractivity contribution in [2.24, 2.45) is 27.7 Å². The van der Waals surface area contributed by atoms with Gasteiger partial charge in [-0.1, -0.05) is 99.5 Å². The van der Waals surface area contributed by atoms with Crippen LogP contribution in [0.3, 0.4) is 0 Å². The minimum absolute atomic E-state index is 0.0196. The number of alkyl halides is 3. The van der Waals surface area contributed by atoms with Crippen LogP contribution in [0.15, 0.2) is 147 Å². The lowest BCUT2D eigenvalue weighted by Gasteiger charge is -2.45. The molecule has 5 aromatic carbocycles. The van der Waals surface area contributed by atoms with Crippen molar-refractivity contribution in [3.05, 3.63) is 154 Å². The molecule has 5 saturated heterocycles. The Morgan fingerprint density at radius 3 is 2.13 bits per heavy atom. The van der Waals surface area contributed by atoms with Crippen molar-refractivity contribution in [2.75, 3.05) is 121 Å². The van der Waals surface area contributed by atoms with Crippen molar-refractivity contribution in [3.63, 3.8) is 0 Å². The van der Waals surface area contributed by atoms with Gasteiger partial charge in [0.05, 0.1) is 46.2 Å². The highest BCUT2D eigenvalue weighted by atomic mass is 35.5. The average Bonchev–Trinajstić information content (AvgIpc) is 1.36. The number of halogens is 4. The van der Waals surface area contributed by atoms with E-state index < -0.39 is 82.3 Å². The van der Waals surface area contributed by atoms with Crippen LogP contribution in [-0.4, -0.2) is 228 Å². The Morgan fingerprint density at radius 1 is 0.778 bits per heavy atom. The molecule has 1 aliphatic carbocycles. The van der Waals surface area contributed by atoms with Crippen molar-refractivity contribution in [2.45, 2.75) is 193 Å². The van der Waals surface area contributed by atoms with Gasteiger partial charge in [0, 0.05) is 137 Å². The van der Waals surface area contributed by atoms with E-state index in [9.17, 15) is 59.1 Å². The standard InChI is InChI=1S/C87H115ClF3N11O11S4/c1-59(61-17-19-65(20-18-61)80-60(2)92-58-115-80)93-83(107)76-51-71(103)55-102(76)84(108)81(85(3,4)5)95-78(104)15-10-11-16-79(105)101-42-34-63(35-43-101)62-32-39-99(40-33-62)57-86(6)37-31-74(64-21-25-68(88)26-22-64)67(53-86)54-98-44-46-100(47-45-98)70-27-23-66(24-28-70)82(106)96-117(111,112)73-29-30-75(77(52-73)116(109,110)87(89,90)91)94-69(56-114-72-13-8-7-9-14-72)36-41-97-38-12-49-113-50-48-97/h7-9,13-14,17-30,52,58-60,62-63,69,71,76,80-81,94,103H,10-12,15-16,31-51,53-57H2,1-6H3,(H,93,107)(H,95,104)(H,96,106)/t59-,60?,69+,71+,76-,80?,81+,86?/m0/s1. The Hall–Kier alpha value is -7.06. The molecule has 0 spiro atoms. The summed E-state index contributed by atoms with van der Waals surface area (Å²) in [6.45, 7) is 23.3. The SMILES string of the molecule is CC1N=CSC1c1ccc([C@H](C)NC(=O)[C@@H]2C[C@@H](O)CN2C(=O)[C@@H](NC(=O)CCCCC(=O)N2CCC(C3CCN(CC4(C)CCC(c5ccc(Cl)cc5)=C(CN5CCN(c6ccc(C(=O)NS(=O)(=O)c7ccc(N[C@H](CCN8CCCOCC8)CSc8ccccc8)c(S(=O)(=O)C(F)(F)F)c7)cc6)CC5)C4)CC3)CC2)C(C)(C)C)cc1. The molecule has 5 amide bonds. The number of allylic oxidation sites excluding steroid dienone is 1. The largest absolute Gasteiger partial charge is 0.501 e. The molecule has 6 heterocycles. The third-order valence-electron chi connectivity index (χ3n) is 24.5. The number of likely N-dealkylation sites (tertiary alicyclic amines) is 3. The Kier molecular flexibility index (Phi) is 30.2. The van der Waals surface area contributed by atoms with E-state index in [0.717, 1.165) is 144 Å². The fraction of sp³-hybridized carbons (Fsp3) is 0.563. The Balaban J connectivity index is 0.578. The van der Waals surface area contributed by atoms with Gasteiger partial charge in [0.15, 0.2) is 0 Å². The topological polar surface area (TPSA) is 263 Å². The number of β-amino-alcohol motifs (C(OH)–C–C–N with tert-alkyl or cyclic N) is 1. The van der Waals surface area contributed by atoms with Crippen LogP contribution < -0.4 is 25.6 Å². The highest BCUT2D eigenvalue weighted by Gasteiger charge is 2.50. The summed E-state index contributed by atoms with van der Waals surface area (Å²) >= 11 is 9.57.